The van der Waals surface area contributed by atoms with Crippen LogP contribution in [0.25, 0.3) is 11.0 Å². The summed E-state index contributed by atoms with van der Waals surface area (Å²) in [5.41, 5.74) is 4.75. The minimum Gasteiger partial charge on any atom is -0.467 e. The molecule has 0 radical (unpaired) electrons. The van der Waals surface area contributed by atoms with E-state index in [2.05, 4.69) is 24.9 Å². The van der Waals surface area contributed by atoms with Gasteiger partial charge in [-0.25, -0.2) is 4.98 Å². The van der Waals surface area contributed by atoms with Crippen molar-refractivity contribution >= 4 is 40.0 Å². The molecule has 11 heteroatoms. The van der Waals surface area contributed by atoms with Gasteiger partial charge in [0.25, 0.3) is 0 Å². The van der Waals surface area contributed by atoms with Gasteiger partial charge < -0.3 is 19.0 Å². The number of alkyl halides is 2. The minimum absolute atomic E-state index is 0.308. The molecule has 3 aromatic rings. The number of oxime groups is 1. The van der Waals surface area contributed by atoms with Crippen LogP contribution in [-0.2, 0) is 11.4 Å². The number of aryl methyl sites for hydroxylation is 3. The van der Waals surface area contributed by atoms with Crippen molar-refractivity contribution in [3.05, 3.63) is 34.1 Å². The van der Waals surface area contributed by atoms with Crippen molar-refractivity contribution in [2.24, 2.45) is 5.16 Å². The van der Waals surface area contributed by atoms with E-state index >= 15 is 0 Å². The van der Waals surface area contributed by atoms with E-state index in [-0.39, 0.29) is 0 Å². The zero-order valence-corrected chi connectivity index (χ0v) is 19.0. The normalized spacial score (nSPS) is 14.2. The van der Waals surface area contributed by atoms with Gasteiger partial charge >= 0.3 is 12.6 Å². The molecule has 0 bridgehead atoms. The molecule has 8 nitrogen and oxygen atoms in total. The number of nitrogens with zero attached hydrogens (tertiary/aromatic N) is 6. The van der Waals surface area contributed by atoms with Gasteiger partial charge in [-0.3, -0.25) is 0 Å². The summed E-state index contributed by atoms with van der Waals surface area (Å²) < 4.78 is 32.5. The average molecular weight is 465 g/mol. The number of aromatic nitrogens is 4. The van der Waals surface area contributed by atoms with Gasteiger partial charge in [0, 0.05) is 18.7 Å². The number of imidazole rings is 1. The molecular weight excluding hydrogens is 442 g/mol. The summed E-state index contributed by atoms with van der Waals surface area (Å²) in [7, 11) is 1.53. The lowest BCUT2D eigenvalue weighted by Gasteiger charge is -2.31. The standard InChI is InChI=1S/C21H23ClF2N6O2/c1-5-15(28-32-19(23)24)13-7-8-14(22)16-18(13)30-10-6-9-29(21(30)27-16)17-11(2)25-20(31-4)26-12(17)3/h7-8,19H,5-6,9-10H2,1-4H3/b28-15+. The highest BCUT2D eigenvalue weighted by Gasteiger charge is 2.29. The van der Waals surface area contributed by atoms with E-state index in [0.717, 1.165) is 35.6 Å². The molecule has 0 amide bonds. The molecule has 0 N–H and O–H groups in total. The number of anilines is 2. The van der Waals surface area contributed by atoms with Crippen molar-refractivity contribution < 1.29 is 18.4 Å². The molecule has 32 heavy (non-hydrogen) atoms. The Kier molecular flexibility index (Phi) is 6.14. The molecule has 2 aromatic heterocycles. The lowest BCUT2D eigenvalue weighted by molar-refractivity contribution is -0.128. The van der Waals surface area contributed by atoms with E-state index < -0.39 is 6.61 Å². The van der Waals surface area contributed by atoms with E-state index in [4.69, 9.17) is 21.3 Å². The summed E-state index contributed by atoms with van der Waals surface area (Å²) in [5, 5.41) is 4.15. The first-order valence-corrected chi connectivity index (χ1v) is 10.6. The summed E-state index contributed by atoms with van der Waals surface area (Å²) in [6.07, 6.45) is 1.24. The maximum atomic E-state index is 12.6. The Balaban J connectivity index is 1.92. The molecule has 0 saturated carbocycles. The van der Waals surface area contributed by atoms with Crippen LogP contribution in [0.3, 0.4) is 0 Å². The van der Waals surface area contributed by atoms with Crippen LogP contribution in [0.4, 0.5) is 20.4 Å². The number of methoxy groups -OCH3 is 1. The van der Waals surface area contributed by atoms with Gasteiger partial charge in [0.1, 0.15) is 5.52 Å². The number of hydrogen-bond acceptors (Lipinski definition) is 7. The van der Waals surface area contributed by atoms with E-state index in [0.29, 0.717) is 46.7 Å². The second kappa shape index (κ2) is 8.85. The Morgan fingerprint density at radius 3 is 2.53 bits per heavy atom. The van der Waals surface area contributed by atoms with Crippen LogP contribution in [-0.4, -0.2) is 45.5 Å². The highest BCUT2D eigenvalue weighted by Crippen LogP contribution is 2.38. The third-order valence-corrected chi connectivity index (χ3v) is 5.69. The molecule has 170 valence electrons. The highest BCUT2D eigenvalue weighted by molar-refractivity contribution is 6.35. The molecule has 4 rings (SSSR count). The second-order valence-electron chi connectivity index (χ2n) is 7.35. The molecule has 0 unspecified atom stereocenters. The zero-order valence-electron chi connectivity index (χ0n) is 18.2. The van der Waals surface area contributed by atoms with Crippen LogP contribution in [0.2, 0.25) is 5.02 Å². The van der Waals surface area contributed by atoms with E-state index in [1.54, 1.807) is 12.1 Å². The summed E-state index contributed by atoms with van der Waals surface area (Å²) in [5.74, 6) is 0.686. The van der Waals surface area contributed by atoms with Crippen molar-refractivity contribution in [3.63, 3.8) is 0 Å². The van der Waals surface area contributed by atoms with Crippen LogP contribution in [0.15, 0.2) is 17.3 Å². The van der Waals surface area contributed by atoms with Crippen LogP contribution >= 0.6 is 11.6 Å². The van der Waals surface area contributed by atoms with Crippen LogP contribution in [0, 0.1) is 13.8 Å². The molecular formula is C21H23ClF2N6O2. The largest absolute Gasteiger partial charge is 0.467 e. The van der Waals surface area contributed by atoms with Gasteiger partial charge in [0.2, 0.25) is 5.95 Å². The molecule has 3 heterocycles. The van der Waals surface area contributed by atoms with Crippen molar-refractivity contribution in [1.82, 2.24) is 19.5 Å². The summed E-state index contributed by atoms with van der Waals surface area (Å²) in [6, 6.07) is 3.77. The monoisotopic (exact) mass is 464 g/mol. The summed E-state index contributed by atoms with van der Waals surface area (Å²) in [6.45, 7) is 4.05. The van der Waals surface area contributed by atoms with Gasteiger partial charge in [-0.2, -0.15) is 18.7 Å². The fourth-order valence-electron chi connectivity index (χ4n) is 4.11. The molecule has 1 aromatic carbocycles. The number of ether oxygens (including phenoxy) is 1. The van der Waals surface area contributed by atoms with Crippen LogP contribution < -0.4 is 9.64 Å². The maximum absolute atomic E-state index is 12.6. The van der Waals surface area contributed by atoms with E-state index in [1.165, 1.54) is 7.11 Å². The predicted molar refractivity (Wildman–Crippen MR) is 118 cm³/mol. The Bertz CT molecular complexity index is 1170. The first kappa shape index (κ1) is 22.2. The lowest BCUT2D eigenvalue weighted by Crippen LogP contribution is -2.30. The molecule has 0 fully saturated rings. The topological polar surface area (TPSA) is 77.7 Å². The molecule has 1 aliphatic rings. The second-order valence-corrected chi connectivity index (χ2v) is 7.76. The Morgan fingerprint density at radius 1 is 1.19 bits per heavy atom. The molecule has 0 spiro atoms. The van der Waals surface area contributed by atoms with Gasteiger partial charge in [-0.15, -0.1) is 0 Å². The van der Waals surface area contributed by atoms with Crippen molar-refractivity contribution in [2.75, 3.05) is 18.6 Å². The maximum Gasteiger partial charge on any atom is 0.407 e. The summed E-state index contributed by atoms with van der Waals surface area (Å²) in [4.78, 5) is 20.0. The Morgan fingerprint density at radius 2 is 1.91 bits per heavy atom. The molecule has 0 aliphatic carbocycles. The average Bonchev–Trinajstić information content (AvgIpc) is 3.16. The number of benzene rings is 1. The smallest absolute Gasteiger partial charge is 0.407 e. The first-order chi connectivity index (χ1) is 15.3. The lowest BCUT2D eigenvalue weighted by atomic mass is 10.1. The number of rotatable bonds is 6. The first-order valence-electron chi connectivity index (χ1n) is 10.2. The van der Waals surface area contributed by atoms with Crippen molar-refractivity contribution in [3.8, 4) is 6.01 Å². The Hall–Kier alpha value is -3.01. The fourth-order valence-corrected chi connectivity index (χ4v) is 4.31. The van der Waals surface area contributed by atoms with Gasteiger partial charge in [0.15, 0.2) is 0 Å². The van der Waals surface area contributed by atoms with E-state index in [9.17, 15) is 8.78 Å². The molecule has 0 atom stereocenters. The third-order valence-electron chi connectivity index (χ3n) is 5.38. The van der Waals surface area contributed by atoms with Gasteiger partial charge in [-0.1, -0.05) is 23.7 Å². The van der Waals surface area contributed by atoms with Gasteiger partial charge in [0.05, 0.1) is 40.4 Å². The van der Waals surface area contributed by atoms with E-state index in [1.807, 2.05) is 25.3 Å². The SMILES string of the molecule is CC/C(=N\OC(F)F)c1ccc(Cl)c2nc3n(c12)CCCN3c1c(C)nc(OC)nc1C. The summed E-state index contributed by atoms with van der Waals surface area (Å²) >= 11 is 6.49. The molecule has 1 aliphatic heterocycles. The van der Waals surface area contributed by atoms with Crippen molar-refractivity contribution in [1.29, 1.82) is 0 Å². The number of fused-ring (bicyclic) bond motifs is 3. The Labute approximate surface area is 188 Å². The van der Waals surface area contributed by atoms with Gasteiger partial charge in [-0.05, 0) is 38.8 Å². The number of halogens is 3. The minimum atomic E-state index is -2.99. The number of hydrogen-bond donors (Lipinski definition) is 0. The highest BCUT2D eigenvalue weighted by atomic mass is 35.5. The molecule has 0 saturated heterocycles. The third kappa shape index (κ3) is 3.83. The predicted octanol–water partition coefficient (Wildman–Crippen LogP) is 5.00. The van der Waals surface area contributed by atoms with Crippen molar-refractivity contribution in [2.45, 2.75) is 46.8 Å². The fraction of sp³-hybridized carbons (Fsp3) is 0.429. The quantitative estimate of drug-likeness (QED) is 0.377. The zero-order chi connectivity index (χ0) is 23.0. The van der Waals surface area contributed by atoms with Crippen LogP contribution in [0.1, 0.15) is 36.7 Å². The van der Waals surface area contributed by atoms with Crippen LogP contribution in [0.5, 0.6) is 6.01 Å².